The zero-order valence-electron chi connectivity index (χ0n) is 35.0. The molecule has 1 unspecified atom stereocenters. The average molecular weight is 767 g/mol. The Morgan fingerprint density at radius 2 is 1.10 bits per heavy atom. The van der Waals surface area contributed by atoms with Crippen LogP contribution in [0.3, 0.4) is 0 Å². The number of benzene rings is 5. The molecule has 0 radical (unpaired) electrons. The number of nitrogens with zero attached hydrogens (tertiary/aromatic N) is 2. The molecule has 0 spiro atoms. The molecule has 0 saturated heterocycles. The van der Waals surface area contributed by atoms with Crippen LogP contribution in [0.5, 0.6) is 0 Å². The molecule has 0 aromatic heterocycles. The first-order valence-electron chi connectivity index (χ1n) is 21.7. The number of fused-ring (bicyclic) bond motifs is 6. The van der Waals surface area contributed by atoms with Gasteiger partial charge in [0.05, 0.1) is 0 Å². The number of anilines is 4. The topological polar surface area (TPSA) is 6.48 Å². The molecule has 0 aliphatic heterocycles. The van der Waals surface area contributed by atoms with Crippen molar-refractivity contribution in [1.82, 2.24) is 0 Å². The number of hydrogen-bond donors (Lipinski definition) is 0. The molecule has 5 aliphatic rings. The molecule has 0 amide bonds. The Balaban J connectivity index is 1.15. The summed E-state index contributed by atoms with van der Waals surface area (Å²) in [7, 11) is 0. The van der Waals surface area contributed by atoms with E-state index in [2.05, 4.69) is 208 Å². The number of hydrogen-bond acceptors (Lipinski definition) is 2. The predicted molar refractivity (Wildman–Crippen MR) is 250 cm³/mol. The van der Waals surface area contributed by atoms with Crippen molar-refractivity contribution in [2.75, 3.05) is 9.80 Å². The van der Waals surface area contributed by atoms with E-state index < -0.39 is 0 Å². The van der Waals surface area contributed by atoms with E-state index in [1.165, 1.54) is 96.3 Å². The standard InChI is InChI=1S/C57H54N2/c1-6-7-12-23-39-34-44(58(40-24-13-8-14-25-40)41-26-15-9-16-27-41)35-51-54(39)47-36-50-48(37-49(47)56(51,2)3)55-46-33-22-21-32-45(46)53(38-52(55)57(50,4)5)59(42-28-17-10-18-29-42)43-30-19-11-20-31-43/h6,8-11,13-20,23-31,33,35-38,45H,1,7,12,21-22,32,34H2,2-5H3/b39-23+. The maximum absolute atomic E-state index is 4.08. The third-order valence-electron chi connectivity index (χ3n) is 13.7. The normalized spacial score (nSPS) is 20.1. The van der Waals surface area contributed by atoms with Crippen molar-refractivity contribution >= 4 is 33.9 Å². The van der Waals surface area contributed by atoms with E-state index in [0.717, 1.165) is 32.1 Å². The number of allylic oxidation sites excluding steroid dienone is 11. The minimum absolute atomic E-state index is 0.180. The van der Waals surface area contributed by atoms with Gasteiger partial charge < -0.3 is 9.80 Å². The summed E-state index contributed by atoms with van der Waals surface area (Å²) in [5.74, 6) is 0.323. The summed E-state index contributed by atoms with van der Waals surface area (Å²) in [6.45, 7) is 14.0. The molecule has 0 saturated carbocycles. The molecule has 0 N–H and O–H groups in total. The number of para-hydroxylation sites is 4. The fourth-order valence-electron chi connectivity index (χ4n) is 10.8. The van der Waals surface area contributed by atoms with Gasteiger partial charge in [0.1, 0.15) is 0 Å². The molecule has 5 aromatic carbocycles. The van der Waals surface area contributed by atoms with Crippen molar-refractivity contribution < 1.29 is 0 Å². The highest BCUT2D eigenvalue weighted by Crippen LogP contribution is 2.61. The zero-order valence-corrected chi connectivity index (χ0v) is 35.0. The van der Waals surface area contributed by atoms with Gasteiger partial charge in [-0.15, -0.1) is 6.58 Å². The van der Waals surface area contributed by atoms with Crippen LogP contribution in [-0.4, -0.2) is 0 Å². The van der Waals surface area contributed by atoms with Gasteiger partial charge in [-0.3, -0.25) is 0 Å². The number of unbranched alkanes of at least 4 members (excludes halogenated alkanes) is 1. The highest BCUT2D eigenvalue weighted by atomic mass is 15.2. The van der Waals surface area contributed by atoms with Crippen LogP contribution >= 0.6 is 0 Å². The second kappa shape index (κ2) is 14.6. The molecule has 0 fully saturated rings. The van der Waals surface area contributed by atoms with Crippen LogP contribution in [0.4, 0.5) is 22.7 Å². The fourth-order valence-corrected chi connectivity index (χ4v) is 10.8. The first-order valence-corrected chi connectivity index (χ1v) is 21.7. The van der Waals surface area contributed by atoms with Gasteiger partial charge in [-0.2, -0.15) is 0 Å². The van der Waals surface area contributed by atoms with Crippen molar-refractivity contribution in [3.8, 4) is 0 Å². The lowest BCUT2D eigenvalue weighted by atomic mass is 9.72. The lowest BCUT2D eigenvalue weighted by molar-refractivity contribution is 0.569. The van der Waals surface area contributed by atoms with Crippen LogP contribution in [0.25, 0.3) is 11.1 Å². The molecule has 292 valence electrons. The van der Waals surface area contributed by atoms with Gasteiger partial charge in [-0.05, 0) is 161 Å². The van der Waals surface area contributed by atoms with E-state index >= 15 is 0 Å². The Hall–Kier alpha value is -6.12. The Kier molecular flexibility index (Phi) is 9.20. The first kappa shape index (κ1) is 37.2. The van der Waals surface area contributed by atoms with Gasteiger partial charge in [-0.1, -0.05) is 119 Å². The molecule has 0 heterocycles. The maximum Gasteiger partial charge on any atom is 0.0458 e. The van der Waals surface area contributed by atoms with E-state index in [1.807, 2.05) is 0 Å². The summed E-state index contributed by atoms with van der Waals surface area (Å²) in [4.78, 5) is 5.01. The van der Waals surface area contributed by atoms with E-state index in [0.29, 0.717) is 5.92 Å². The largest absolute Gasteiger partial charge is 0.314 e. The molecular formula is C57H54N2. The molecule has 5 aliphatic carbocycles. The summed E-state index contributed by atoms with van der Waals surface area (Å²) in [5, 5.41) is 0. The van der Waals surface area contributed by atoms with Crippen LogP contribution < -0.4 is 9.80 Å². The molecule has 59 heavy (non-hydrogen) atoms. The molecular weight excluding hydrogens is 713 g/mol. The molecule has 2 heteroatoms. The molecule has 0 bridgehead atoms. The average Bonchev–Trinajstić information content (AvgIpc) is 3.63. The molecule has 10 rings (SSSR count). The van der Waals surface area contributed by atoms with Crippen molar-refractivity contribution in [1.29, 1.82) is 0 Å². The highest BCUT2D eigenvalue weighted by molar-refractivity contribution is 5.99. The van der Waals surface area contributed by atoms with Gasteiger partial charge in [0.2, 0.25) is 0 Å². The minimum Gasteiger partial charge on any atom is -0.314 e. The van der Waals surface area contributed by atoms with Gasteiger partial charge in [0, 0.05) is 57.3 Å². The summed E-state index contributed by atoms with van der Waals surface area (Å²) < 4.78 is 0. The van der Waals surface area contributed by atoms with Crippen LogP contribution in [0.1, 0.15) is 88.5 Å². The Labute approximate surface area is 351 Å². The summed E-state index contributed by atoms with van der Waals surface area (Å²) in [5.41, 5.74) is 21.6. The van der Waals surface area contributed by atoms with Gasteiger partial charge in [0.25, 0.3) is 0 Å². The summed E-state index contributed by atoms with van der Waals surface area (Å²) >= 11 is 0. The van der Waals surface area contributed by atoms with E-state index in [9.17, 15) is 0 Å². The number of rotatable bonds is 9. The summed E-state index contributed by atoms with van der Waals surface area (Å²) in [6.07, 6.45) is 18.6. The minimum atomic E-state index is -0.192. The SMILES string of the molecule is C=CCC/C=C1\CC(N(c2ccccc2)c2ccccc2)=CC2=C1c1cc3c(cc1C2(C)C)C1=C(C=C(N(c2ccccc2)c2ccccc2)C2CCCC=C12)C3(C)C. The highest BCUT2D eigenvalue weighted by Gasteiger charge is 2.48. The van der Waals surface area contributed by atoms with Crippen molar-refractivity contribution in [3.63, 3.8) is 0 Å². The van der Waals surface area contributed by atoms with Gasteiger partial charge in [-0.25, -0.2) is 0 Å². The lowest BCUT2D eigenvalue weighted by Crippen LogP contribution is -2.29. The molecule has 2 nitrogen and oxygen atoms in total. The fraction of sp³-hybridized carbons (Fsp3) is 0.228. The van der Waals surface area contributed by atoms with Crippen LogP contribution in [0.15, 0.2) is 204 Å². The molecule has 1 atom stereocenters. The van der Waals surface area contributed by atoms with Crippen molar-refractivity contribution in [2.24, 2.45) is 5.92 Å². The Morgan fingerprint density at radius 1 is 0.610 bits per heavy atom. The lowest BCUT2D eigenvalue weighted by Gasteiger charge is -2.40. The first-order chi connectivity index (χ1) is 28.8. The van der Waals surface area contributed by atoms with Crippen molar-refractivity contribution in [3.05, 3.63) is 226 Å². The van der Waals surface area contributed by atoms with Crippen LogP contribution in [0.2, 0.25) is 0 Å². The monoisotopic (exact) mass is 766 g/mol. The Bertz CT molecular complexity index is 2570. The van der Waals surface area contributed by atoms with E-state index in [-0.39, 0.29) is 10.8 Å². The zero-order chi connectivity index (χ0) is 40.3. The smallest absolute Gasteiger partial charge is 0.0458 e. The maximum atomic E-state index is 4.08. The van der Waals surface area contributed by atoms with E-state index in [1.54, 1.807) is 0 Å². The third kappa shape index (κ3) is 6.07. The second-order valence-electron chi connectivity index (χ2n) is 17.9. The van der Waals surface area contributed by atoms with Crippen LogP contribution in [-0.2, 0) is 10.8 Å². The van der Waals surface area contributed by atoms with Crippen molar-refractivity contribution in [2.45, 2.75) is 77.0 Å². The second-order valence-corrected chi connectivity index (χ2v) is 17.9. The Morgan fingerprint density at radius 3 is 1.63 bits per heavy atom. The van der Waals surface area contributed by atoms with E-state index in [4.69, 9.17) is 0 Å². The van der Waals surface area contributed by atoms with Gasteiger partial charge >= 0.3 is 0 Å². The third-order valence-corrected chi connectivity index (χ3v) is 13.7. The summed E-state index contributed by atoms with van der Waals surface area (Å²) in [6, 6.07) is 49.0. The predicted octanol–water partition coefficient (Wildman–Crippen LogP) is 15.3. The quantitative estimate of drug-likeness (QED) is 0.109. The van der Waals surface area contributed by atoms with Crippen LogP contribution in [0, 0.1) is 5.92 Å². The molecule has 5 aromatic rings. The van der Waals surface area contributed by atoms with Gasteiger partial charge in [0.15, 0.2) is 0 Å².